The van der Waals surface area contributed by atoms with Gasteiger partial charge in [-0.15, -0.1) is 0 Å². The number of nitrogens with two attached hydrogens (primary N) is 1. The van der Waals surface area contributed by atoms with Crippen LogP contribution in [0.15, 0.2) is 29.8 Å². The molecule has 17 heavy (non-hydrogen) atoms. The third kappa shape index (κ3) is 3.25. The van der Waals surface area contributed by atoms with Gasteiger partial charge in [0.2, 0.25) is 0 Å². The van der Waals surface area contributed by atoms with Gasteiger partial charge in [0.25, 0.3) is 0 Å². The van der Waals surface area contributed by atoms with Crippen LogP contribution in [0.5, 0.6) is 0 Å². The van der Waals surface area contributed by atoms with E-state index >= 15 is 0 Å². The average Bonchev–Trinajstić information content (AvgIpc) is 2.60. The first-order chi connectivity index (χ1) is 8.18. The second kappa shape index (κ2) is 5.90. The Balaban J connectivity index is 2.26. The molecule has 1 aliphatic carbocycles. The summed E-state index contributed by atoms with van der Waals surface area (Å²) in [4.78, 5) is 0. The quantitative estimate of drug-likeness (QED) is 0.761. The molecule has 0 saturated carbocycles. The van der Waals surface area contributed by atoms with Crippen molar-refractivity contribution < 1.29 is 0 Å². The molecule has 1 nitrogen and oxygen atoms in total. The van der Waals surface area contributed by atoms with Crippen LogP contribution >= 0.6 is 23.2 Å². The van der Waals surface area contributed by atoms with Crippen LogP contribution in [-0.2, 0) is 0 Å². The lowest BCUT2D eigenvalue weighted by Crippen LogP contribution is -2.13. The molecule has 0 fully saturated rings. The van der Waals surface area contributed by atoms with Crippen molar-refractivity contribution in [3.05, 3.63) is 45.5 Å². The zero-order valence-electron chi connectivity index (χ0n) is 9.76. The van der Waals surface area contributed by atoms with Gasteiger partial charge in [-0.05, 0) is 49.4 Å². The van der Waals surface area contributed by atoms with Gasteiger partial charge in [-0.2, -0.15) is 0 Å². The number of rotatable bonds is 2. The molecule has 0 amide bonds. The molecule has 0 aromatic heterocycles. The summed E-state index contributed by atoms with van der Waals surface area (Å²) in [6, 6.07) is 5.37. The van der Waals surface area contributed by atoms with Gasteiger partial charge in [-0.1, -0.05) is 41.3 Å². The van der Waals surface area contributed by atoms with Gasteiger partial charge in [-0.25, -0.2) is 0 Å². The van der Waals surface area contributed by atoms with Crippen molar-refractivity contribution in [2.24, 2.45) is 5.73 Å². The summed E-state index contributed by atoms with van der Waals surface area (Å²) in [6.45, 7) is 0. The number of allylic oxidation sites excluding steroid dienone is 1. The van der Waals surface area contributed by atoms with Crippen LogP contribution in [-0.4, -0.2) is 0 Å². The van der Waals surface area contributed by atoms with E-state index in [2.05, 4.69) is 6.08 Å². The van der Waals surface area contributed by atoms with Crippen molar-refractivity contribution in [3.8, 4) is 0 Å². The lowest BCUT2D eigenvalue weighted by molar-refractivity contribution is 0.688. The van der Waals surface area contributed by atoms with E-state index in [1.807, 2.05) is 12.1 Å². The summed E-state index contributed by atoms with van der Waals surface area (Å²) in [5.74, 6) is 0. The fraction of sp³-hybridized carbons (Fsp3) is 0.429. The van der Waals surface area contributed by atoms with E-state index in [0.29, 0.717) is 10.0 Å². The van der Waals surface area contributed by atoms with Crippen molar-refractivity contribution in [1.82, 2.24) is 0 Å². The van der Waals surface area contributed by atoms with Crippen LogP contribution in [0.3, 0.4) is 0 Å². The van der Waals surface area contributed by atoms with E-state index < -0.39 is 0 Å². The first-order valence-corrected chi connectivity index (χ1v) is 6.83. The monoisotopic (exact) mass is 269 g/mol. The van der Waals surface area contributed by atoms with Gasteiger partial charge in [0.05, 0.1) is 6.04 Å². The van der Waals surface area contributed by atoms with Crippen molar-refractivity contribution >= 4 is 23.2 Å². The molecule has 1 unspecified atom stereocenters. The smallest absolute Gasteiger partial charge is 0.0526 e. The standard InChI is InChI=1S/C14H17Cl2N/c15-11-7-8-13(16)12(9-11)14(17)10-5-3-1-2-4-6-10/h5,7-9,14H,1-4,6,17H2. The molecule has 1 aromatic carbocycles. The Morgan fingerprint density at radius 1 is 1.12 bits per heavy atom. The maximum Gasteiger partial charge on any atom is 0.0526 e. The van der Waals surface area contributed by atoms with Gasteiger partial charge < -0.3 is 5.73 Å². The summed E-state index contributed by atoms with van der Waals surface area (Å²) in [5, 5.41) is 1.39. The number of hydrogen-bond donors (Lipinski definition) is 1. The molecular formula is C14H17Cl2N. The van der Waals surface area contributed by atoms with E-state index in [1.54, 1.807) is 6.07 Å². The third-order valence-corrected chi connectivity index (χ3v) is 3.85. The van der Waals surface area contributed by atoms with Crippen LogP contribution in [0, 0.1) is 0 Å². The summed E-state index contributed by atoms with van der Waals surface area (Å²) < 4.78 is 0. The Kier molecular flexibility index (Phi) is 4.49. The Morgan fingerprint density at radius 3 is 2.76 bits per heavy atom. The number of hydrogen-bond acceptors (Lipinski definition) is 1. The second-order valence-corrected chi connectivity index (χ2v) is 5.37. The summed E-state index contributed by atoms with van der Waals surface area (Å²) in [6.07, 6.45) is 8.24. The van der Waals surface area contributed by atoms with Gasteiger partial charge in [-0.3, -0.25) is 0 Å². The van der Waals surface area contributed by atoms with Crippen molar-refractivity contribution in [3.63, 3.8) is 0 Å². The highest BCUT2D eigenvalue weighted by Gasteiger charge is 2.16. The zero-order chi connectivity index (χ0) is 12.3. The van der Waals surface area contributed by atoms with E-state index in [0.717, 1.165) is 18.4 Å². The normalized spacial score (nSPS) is 18.4. The van der Waals surface area contributed by atoms with E-state index in [9.17, 15) is 0 Å². The molecule has 0 heterocycles. The van der Waals surface area contributed by atoms with Crippen LogP contribution in [0.4, 0.5) is 0 Å². The summed E-state index contributed by atoms with van der Waals surface area (Å²) in [7, 11) is 0. The lowest BCUT2D eigenvalue weighted by atomic mass is 9.96. The zero-order valence-corrected chi connectivity index (χ0v) is 11.3. The van der Waals surface area contributed by atoms with Gasteiger partial charge >= 0.3 is 0 Å². The van der Waals surface area contributed by atoms with Crippen molar-refractivity contribution in [1.29, 1.82) is 0 Å². The molecule has 3 heteroatoms. The van der Waals surface area contributed by atoms with E-state index in [1.165, 1.54) is 24.8 Å². The largest absolute Gasteiger partial charge is 0.320 e. The van der Waals surface area contributed by atoms with Crippen molar-refractivity contribution in [2.45, 2.75) is 38.1 Å². The van der Waals surface area contributed by atoms with Crippen LogP contribution in [0.2, 0.25) is 10.0 Å². The Morgan fingerprint density at radius 2 is 1.94 bits per heavy atom. The maximum absolute atomic E-state index is 6.30. The van der Waals surface area contributed by atoms with Gasteiger partial charge in [0, 0.05) is 10.0 Å². The van der Waals surface area contributed by atoms with Crippen LogP contribution in [0.25, 0.3) is 0 Å². The molecule has 0 radical (unpaired) electrons. The lowest BCUT2D eigenvalue weighted by Gasteiger charge is -2.17. The minimum atomic E-state index is -0.112. The fourth-order valence-corrected chi connectivity index (χ4v) is 2.69. The first kappa shape index (κ1) is 12.9. The molecule has 1 aromatic rings. The predicted octanol–water partition coefficient (Wildman–Crippen LogP) is 4.88. The highest BCUT2D eigenvalue weighted by molar-refractivity contribution is 6.33. The molecule has 2 rings (SSSR count). The summed E-state index contributed by atoms with van der Waals surface area (Å²) >= 11 is 12.2. The first-order valence-electron chi connectivity index (χ1n) is 6.08. The maximum atomic E-state index is 6.30. The molecule has 0 saturated heterocycles. The highest BCUT2D eigenvalue weighted by Crippen LogP contribution is 2.32. The molecular weight excluding hydrogens is 253 g/mol. The van der Waals surface area contributed by atoms with E-state index in [-0.39, 0.29) is 6.04 Å². The fourth-order valence-electron chi connectivity index (χ4n) is 2.27. The molecule has 1 atom stereocenters. The topological polar surface area (TPSA) is 26.0 Å². The minimum Gasteiger partial charge on any atom is -0.320 e. The van der Waals surface area contributed by atoms with Gasteiger partial charge in [0.1, 0.15) is 0 Å². The molecule has 0 spiro atoms. The SMILES string of the molecule is NC(C1=CCCCCC1)c1cc(Cl)ccc1Cl. The summed E-state index contributed by atoms with van der Waals surface area (Å²) in [5.41, 5.74) is 8.53. The molecule has 2 N–H and O–H groups in total. The number of benzene rings is 1. The Bertz CT molecular complexity index is 426. The van der Waals surface area contributed by atoms with E-state index in [4.69, 9.17) is 28.9 Å². The molecule has 92 valence electrons. The van der Waals surface area contributed by atoms with Crippen molar-refractivity contribution in [2.75, 3.05) is 0 Å². The number of halogens is 2. The Hall–Kier alpha value is -0.500. The van der Waals surface area contributed by atoms with Crippen LogP contribution < -0.4 is 5.73 Å². The Labute approximate surface area is 113 Å². The average molecular weight is 270 g/mol. The van der Waals surface area contributed by atoms with Gasteiger partial charge in [0.15, 0.2) is 0 Å². The predicted molar refractivity (Wildman–Crippen MR) is 74.6 cm³/mol. The van der Waals surface area contributed by atoms with Crippen LogP contribution in [0.1, 0.15) is 43.7 Å². The molecule has 0 bridgehead atoms. The molecule has 0 aliphatic heterocycles. The second-order valence-electron chi connectivity index (χ2n) is 4.52. The third-order valence-electron chi connectivity index (χ3n) is 3.27. The molecule has 1 aliphatic rings. The minimum absolute atomic E-state index is 0.112. The highest BCUT2D eigenvalue weighted by atomic mass is 35.5.